The zero-order chi connectivity index (χ0) is 15.5. The van der Waals surface area contributed by atoms with Crippen LogP contribution in [0.1, 0.15) is 51.4 Å². The molecule has 0 aromatic carbocycles. The summed E-state index contributed by atoms with van der Waals surface area (Å²) in [4.78, 5) is 0. The Bertz CT molecular complexity index is 367. The predicted molar refractivity (Wildman–Crippen MR) is 76.3 cm³/mol. The van der Waals surface area contributed by atoms with Crippen molar-refractivity contribution in [2.24, 2.45) is 23.7 Å². The van der Waals surface area contributed by atoms with E-state index < -0.39 is 17.9 Å². The quantitative estimate of drug-likeness (QED) is 0.430. The van der Waals surface area contributed by atoms with Gasteiger partial charge in [0.2, 0.25) is 0 Å². The van der Waals surface area contributed by atoms with Gasteiger partial charge in [-0.25, -0.2) is 4.39 Å². The highest BCUT2D eigenvalue weighted by Crippen LogP contribution is 2.43. The molecule has 0 aliphatic heterocycles. The third kappa shape index (κ3) is 4.86. The molecular formula is C17H24F4. The van der Waals surface area contributed by atoms with Crippen LogP contribution in [-0.2, 0) is 0 Å². The van der Waals surface area contributed by atoms with Crippen molar-refractivity contribution < 1.29 is 17.6 Å². The van der Waals surface area contributed by atoms with E-state index in [0.717, 1.165) is 12.8 Å². The van der Waals surface area contributed by atoms with Crippen LogP contribution >= 0.6 is 0 Å². The van der Waals surface area contributed by atoms with Crippen LogP contribution in [0.5, 0.6) is 0 Å². The monoisotopic (exact) mass is 304 g/mol. The smallest absolute Gasteiger partial charge is 0.212 e. The Hall–Kier alpha value is -0.800. The average Bonchev–Trinajstić information content (AvgIpc) is 2.46. The number of hydrogen-bond acceptors (Lipinski definition) is 0. The zero-order valence-electron chi connectivity index (χ0n) is 12.3. The van der Waals surface area contributed by atoms with E-state index in [4.69, 9.17) is 0 Å². The van der Waals surface area contributed by atoms with E-state index in [-0.39, 0.29) is 6.08 Å². The fourth-order valence-corrected chi connectivity index (χ4v) is 3.99. The molecule has 0 aromatic rings. The third-order valence-corrected chi connectivity index (χ3v) is 5.28. The minimum atomic E-state index is -4.54. The molecule has 0 atom stereocenters. The van der Waals surface area contributed by atoms with E-state index >= 15 is 0 Å². The lowest BCUT2D eigenvalue weighted by molar-refractivity contribution is -0.0821. The maximum absolute atomic E-state index is 13.6. The molecule has 120 valence electrons. The second-order valence-corrected chi connectivity index (χ2v) is 6.59. The molecule has 4 heteroatoms. The Morgan fingerprint density at radius 3 is 1.76 bits per heavy atom. The van der Waals surface area contributed by atoms with Crippen LogP contribution in [0.15, 0.2) is 24.6 Å². The van der Waals surface area contributed by atoms with Gasteiger partial charge in [-0.1, -0.05) is 6.08 Å². The van der Waals surface area contributed by atoms with Crippen molar-refractivity contribution in [3.8, 4) is 0 Å². The predicted octanol–water partition coefficient (Wildman–Crippen LogP) is 6.20. The van der Waals surface area contributed by atoms with Gasteiger partial charge in [0.25, 0.3) is 0 Å². The molecule has 2 saturated carbocycles. The molecule has 0 unspecified atom stereocenters. The van der Waals surface area contributed by atoms with E-state index in [1.807, 2.05) is 6.08 Å². The van der Waals surface area contributed by atoms with Crippen molar-refractivity contribution in [3.05, 3.63) is 24.6 Å². The summed E-state index contributed by atoms with van der Waals surface area (Å²) in [5, 5.41) is 0. The van der Waals surface area contributed by atoms with E-state index in [1.165, 1.54) is 25.7 Å². The zero-order valence-corrected chi connectivity index (χ0v) is 12.3. The van der Waals surface area contributed by atoms with E-state index in [0.29, 0.717) is 30.6 Å². The first-order valence-corrected chi connectivity index (χ1v) is 7.96. The maximum Gasteiger partial charge on any atom is 0.412 e. The lowest BCUT2D eigenvalue weighted by atomic mass is 9.69. The number of hydrogen-bond donors (Lipinski definition) is 0. The molecule has 21 heavy (non-hydrogen) atoms. The topological polar surface area (TPSA) is 0 Å². The van der Waals surface area contributed by atoms with E-state index in [2.05, 4.69) is 6.58 Å². The molecule has 0 bridgehead atoms. The molecular weight excluding hydrogens is 280 g/mol. The van der Waals surface area contributed by atoms with Crippen molar-refractivity contribution in [2.75, 3.05) is 0 Å². The molecule has 0 N–H and O–H groups in total. The van der Waals surface area contributed by atoms with Crippen LogP contribution in [0, 0.1) is 23.7 Å². The summed E-state index contributed by atoms with van der Waals surface area (Å²) in [5.74, 6) is 0.385. The molecule has 2 aliphatic rings. The molecule has 2 aliphatic carbocycles. The molecule has 0 nitrogen and oxygen atoms in total. The van der Waals surface area contributed by atoms with Gasteiger partial charge in [0.1, 0.15) is 5.83 Å². The highest BCUT2D eigenvalue weighted by atomic mass is 19.4. The van der Waals surface area contributed by atoms with Gasteiger partial charge in [0.05, 0.1) is 6.08 Å². The minimum absolute atomic E-state index is 0.159. The first-order valence-electron chi connectivity index (χ1n) is 7.96. The summed E-state index contributed by atoms with van der Waals surface area (Å²) in [6.07, 6.45) is 4.92. The van der Waals surface area contributed by atoms with Crippen LogP contribution < -0.4 is 0 Å². The number of allylic oxidation sites excluding steroid dienone is 3. The first-order chi connectivity index (χ1) is 9.89. The van der Waals surface area contributed by atoms with Crippen molar-refractivity contribution in [1.82, 2.24) is 0 Å². The number of alkyl halides is 3. The maximum atomic E-state index is 13.6. The third-order valence-electron chi connectivity index (χ3n) is 5.28. The molecule has 0 amide bonds. The standard InChI is InChI=1S/C17H24F4/c1-2-12-3-5-13(6-4-12)14-7-9-15(10-8-14)16(18)11-17(19,20)21/h2,11-15H,1,3-10H2. The van der Waals surface area contributed by atoms with Gasteiger partial charge in [-0.05, 0) is 69.1 Å². The van der Waals surface area contributed by atoms with E-state index in [9.17, 15) is 17.6 Å². The lowest BCUT2D eigenvalue weighted by Crippen LogP contribution is -2.25. The van der Waals surface area contributed by atoms with Crippen LogP contribution in [0.4, 0.5) is 17.6 Å². The first kappa shape index (κ1) is 16.6. The Balaban J connectivity index is 1.81. The van der Waals surface area contributed by atoms with Crippen LogP contribution in [0.3, 0.4) is 0 Å². The summed E-state index contributed by atoms with van der Waals surface area (Å²) < 4.78 is 50.1. The van der Waals surface area contributed by atoms with Crippen LogP contribution in [0.25, 0.3) is 0 Å². The van der Waals surface area contributed by atoms with Crippen molar-refractivity contribution >= 4 is 0 Å². The van der Waals surface area contributed by atoms with Gasteiger partial charge in [0.15, 0.2) is 0 Å². The Labute approximate surface area is 124 Å². The van der Waals surface area contributed by atoms with E-state index in [1.54, 1.807) is 0 Å². The Morgan fingerprint density at radius 1 is 0.857 bits per heavy atom. The van der Waals surface area contributed by atoms with Gasteiger partial charge in [-0.2, -0.15) is 13.2 Å². The summed E-state index contributed by atoms with van der Waals surface area (Å²) in [7, 11) is 0. The normalized spacial score (nSPS) is 35.5. The minimum Gasteiger partial charge on any atom is -0.212 e. The SMILES string of the molecule is C=CC1CCC(C2CCC(C(F)=CC(F)(F)F)CC2)CC1. The van der Waals surface area contributed by atoms with Gasteiger partial charge in [-0.15, -0.1) is 6.58 Å². The average molecular weight is 304 g/mol. The molecule has 0 heterocycles. The highest BCUT2D eigenvalue weighted by molar-refractivity contribution is 5.03. The van der Waals surface area contributed by atoms with Crippen molar-refractivity contribution in [1.29, 1.82) is 0 Å². The summed E-state index contributed by atoms with van der Waals surface area (Å²) >= 11 is 0. The summed E-state index contributed by atoms with van der Waals surface area (Å²) in [6.45, 7) is 3.84. The van der Waals surface area contributed by atoms with Gasteiger partial charge < -0.3 is 0 Å². The molecule has 0 aromatic heterocycles. The Morgan fingerprint density at radius 2 is 1.33 bits per heavy atom. The summed E-state index contributed by atoms with van der Waals surface area (Å²) in [5.41, 5.74) is 0. The van der Waals surface area contributed by atoms with Gasteiger partial charge >= 0.3 is 6.18 Å². The fraction of sp³-hybridized carbons (Fsp3) is 0.765. The van der Waals surface area contributed by atoms with Gasteiger partial charge in [-0.3, -0.25) is 0 Å². The highest BCUT2D eigenvalue weighted by Gasteiger charge is 2.33. The second kappa shape index (κ2) is 6.97. The molecule has 0 saturated heterocycles. The molecule has 0 spiro atoms. The lowest BCUT2D eigenvalue weighted by Gasteiger charge is -2.37. The van der Waals surface area contributed by atoms with Crippen LogP contribution in [-0.4, -0.2) is 6.18 Å². The fourth-order valence-electron chi connectivity index (χ4n) is 3.99. The van der Waals surface area contributed by atoms with Gasteiger partial charge in [0, 0.05) is 5.92 Å². The van der Waals surface area contributed by atoms with Crippen LogP contribution in [0.2, 0.25) is 0 Å². The number of halogens is 4. The number of rotatable bonds is 3. The molecule has 2 fully saturated rings. The molecule has 2 rings (SSSR count). The molecule has 0 radical (unpaired) electrons. The second-order valence-electron chi connectivity index (χ2n) is 6.59. The Kier molecular flexibility index (Phi) is 5.50. The van der Waals surface area contributed by atoms with Crippen molar-refractivity contribution in [3.63, 3.8) is 0 Å². The summed E-state index contributed by atoms with van der Waals surface area (Å²) in [6, 6.07) is 0. The largest absolute Gasteiger partial charge is 0.412 e. The van der Waals surface area contributed by atoms with Crippen molar-refractivity contribution in [2.45, 2.75) is 57.5 Å².